The lowest BCUT2D eigenvalue weighted by molar-refractivity contribution is -0.564. The molecule has 92 valence electrons. The minimum atomic E-state index is -1.84. The Hall–Kier alpha value is -2.59. The van der Waals surface area contributed by atoms with Crippen LogP contribution in [0.25, 0.3) is 0 Å². The summed E-state index contributed by atoms with van der Waals surface area (Å²) in [4.78, 5) is 10.6. The molecule has 2 N–H and O–H groups in total. The van der Waals surface area contributed by atoms with Crippen LogP contribution in [0.4, 0.5) is 0 Å². The van der Waals surface area contributed by atoms with Gasteiger partial charge in [0.05, 0.1) is 29.7 Å². The number of nitro groups is 1. The number of allylic oxidation sites excluding steroid dienone is 1. The predicted octanol–water partition coefficient (Wildman–Crippen LogP) is 0.832. The van der Waals surface area contributed by atoms with Crippen LogP contribution in [0.1, 0.15) is 20.3 Å². The molecule has 0 aromatic carbocycles. The highest BCUT2D eigenvalue weighted by Gasteiger charge is 2.67. The van der Waals surface area contributed by atoms with Crippen LogP contribution in [0.3, 0.4) is 0 Å². The van der Waals surface area contributed by atoms with E-state index in [2.05, 4.69) is 0 Å². The second-order valence-electron chi connectivity index (χ2n) is 4.30. The number of nitrogens with zero attached hydrogens (tertiary/aromatic N) is 4. The van der Waals surface area contributed by atoms with Gasteiger partial charge in [-0.1, -0.05) is 6.92 Å². The first-order valence-corrected chi connectivity index (χ1v) is 5.24. The molecule has 1 aliphatic carbocycles. The van der Waals surface area contributed by atoms with E-state index in [0.717, 1.165) is 0 Å². The number of hydrogen-bond acceptors (Lipinski definition) is 6. The summed E-state index contributed by atoms with van der Waals surface area (Å²) in [5, 5.41) is 38.7. The molecule has 7 heteroatoms. The highest BCUT2D eigenvalue weighted by molar-refractivity contribution is 5.53. The Kier molecular flexibility index (Phi) is 3.00. The van der Waals surface area contributed by atoms with Crippen molar-refractivity contribution < 1.29 is 4.92 Å². The van der Waals surface area contributed by atoms with E-state index in [1.54, 1.807) is 25.1 Å². The van der Waals surface area contributed by atoms with Crippen molar-refractivity contribution in [2.24, 2.45) is 17.1 Å². The van der Waals surface area contributed by atoms with Crippen LogP contribution < -0.4 is 5.73 Å². The molecule has 0 aliphatic heterocycles. The zero-order valence-electron chi connectivity index (χ0n) is 9.97. The fraction of sp³-hybridized carbons (Fsp3) is 0.545. The molecule has 0 bridgehead atoms. The summed E-state index contributed by atoms with van der Waals surface area (Å²) >= 11 is 0. The van der Waals surface area contributed by atoms with Crippen molar-refractivity contribution in [3.63, 3.8) is 0 Å². The van der Waals surface area contributed by atoms with Crippen molar-refractivity contribution in [3.8, 4) is 18.2 Å². The number of hydrogen-bond donors (Lipinski definition) is 1. The Balaban J connectivity index is 3.74. The molecule has 1 rings (SSSR count). The van der Waals surface area contributed by atoms with Gasteiger partial charge < -0.3 is 5.73 Å². The van der Waals surface area contributed by atoms with Crippen molar-refractivity contribution in [3.05, 3.63) is 21.4 Å². The fourth-order valence-electron chi connectivity index (χ4n) is 2.62. The second-order valence-corrected chi connectivity index (χ2v) is 4.30. The normalized spacial score (nSPS) is 29.2. The second kappa shape index (κ2) is 4.01. The molecular formula is C11H11N5O2. The Bertz CT molecular complexity index is 545. The first kappa shape index (κ1) is 13.5. The van der Waals surface area contributed by atoms with Crippen molar-refractivity contribution in [1.82, 2.24) is 0 Å². The summed E-state index contributed by atoms with van der Waals surface area (Å²) < 4.78 is 0. The van der Waals surface area contributed by atoms with Gasteiger partial charge in [0.2, 0.25) is 0 Å². The van der Waals surface area contributed by atoms with Gasteiger partial charge >= 0.3 is 0 Å². The molecule has 2 atom stereocenters. The molecule has 0 saturated heterocycles. The quantitative estimate of drug-likeness (QED) is 0.564. The van der Waals surface area contributed by atoms with Crippen LogP contribution in [0.15, 0.2) is 11.3 Å². The van der Waals surface area contributed by atoms with Crippen molar-refractivity contribution >= 4 is 0 Å². The first-order valence-electron chi connectivity index (χ1n) is 5.24. The van der Waals surface area contributed by atoms with Crippen LogP contribution >= 0.6 is 0 Å². The lowest BCUT2D eigenvalue weighted by atomic mass is 9.70. The van der Waals surface area contributed by atoms with Crippen LogP contribution in [0.5, 0.6) is 0 Å². The number of nitriles is 3. The van der Waals surface area contributed by atoms with E-state index in [-0.39, 0.29) is 17.7 Å². The van der Waals surface area contributed by atoms with E-state index < -0.39 is 21.8 Å². The molecule has 0 heterocycles. The fourth-order valence-corrected chi connectivity index (χ4v) is 2.62. The summed E-state index contributed by atoms with van der Waals surface area (Å²) in [5.74, 6) is -0.940. The van der Waals surface area contributed by atoms with Crippen molar-refractivity contribution in [2.75, 3.05) is 0 Å². The molecule has 7 nitrogen and oxygen atoms in total. The maximum atomic E-state index is 11.2. The van der Waals surface area contributed by atoms with Gasteiger partial charge in [0, 0.05) is 11.8 Å². The van der Waals surface area contributed by atoms with E-state index in [1.807, 2.05) is 0 Å². The van der Waals surface area contributed by atoms with Gasteiger partial charge in [0.25, 0.3) is 5.54 Å². The smallest absolute Gasteiger partial charge is 0.264 e. The highest BCUT2D eigenvalue weighted by Crippen LogP contribution is 2.53. The van der Waals surface area contributed by atoms with Gasteiger partial charge in [-0.15, -0.1) is 0 Å². The first-order chi connectivity index (χ1) is 8.36. The molecule has 0 spiro atoms. The molecule has 18 heavy (non-hydrogen) atoms. The summed E-state index contributed by atoms with van der Waals surface area (Å²) in [5.41, 5.74) is 1.50. The molecule has 0 fully saturated rings. The van der Waals surface area contributed by atoms with Crippen LogP contribution in [-0.2, 0) is 0 Å². The van der Waals surface area contributed by atoms with E-state index in [9.17, 15) is 20.6 Å². The average Bonchev–Trinajstić information content (AvgIpc) is 2.55. The molecular weight excluding hydrogens is 234 g/mol. The third-order valence-corrected chi connectivity index (χ3v) is 3.66. The molecule has 0 aromatic rings. The van der Waals surface area contributed by atoms with E-state index in [1.165, 1.54) is 6.92 Å². The van der Waals surface area contributed by atoms with Gasteiger partial charge in [-0.05, 0) is 6.42 Å². The molecule has 0 radical (unpaired) electrons. The third-order valence-electron chi connectivity index (χ3n) is 3.66. The van der Waals surface area contributed by atoms with Crippen molar-refractivity contribution in [1.29, 1.82) is 15.8 Å². The van der Waals surface area contributed by atoms with Crippen LogP contribution in [-0.4, -0.2) is 10.5 Å². The lowest BCUT2D eigenvalue weighted by Crippen LogP contribution is -2.47. The Morgan fingerprint density at radius 3 is 2.22 bits per heavy atom. The van der Waals surface area contributed by atoms with Gasteiger partial charge in [0.15, 0.2) is 5.41 Å². The van der Waals surface area contributed by atoms with Crippen molar-refractivity contribution in [2.45, 2.75) is 25.8 Å². The van der Waals surface area contributed by atoms with Crippen LogP contribution in [0, 0.1) is 55.4 Å². The third kappa shape index (κ3) is 1.20. The Morgan fingerprint density at radius 2 is 1.94 bits per heavy atom. The molecule has 0 amide bonds. The number of rotatable bonds is 2. The van der Waals surface area contributed by atoms with Gasteiger partial charge in [0.1, 0.15) is 5.70 Å². The topological polar surface area (TPSA) is 141 Å². The van der Waals surface area contributed by atoms with E-state index >= 15 is 0 Å². The van der Waals surface area contributed by atoms with E-state index in [4.69, 9.17) is 11.0 Å². The monoisotopic (exact) mass is 245 g/mol. The Morgan fingerprint density at radius 1 is 1.44 bits per heavy atom. The van der Waals surface area contributed by atoms with Gasteiger partial charge in [-0.2, -0.15) is 15.8 Å². The lowest BCUT2D eigenvalue weighted by Gasteiger charge is -2.27. The summed E-state index contributed by atoms with van der Waals surface area (Å²) in [6.07, 6.45) is 0.199. The maximum absolute atomic E-state index is 11.2. The molecule has 0 saturated carbocycles. The zero-order chi connectivity index (χ0) is 14.1. The predicted molar refractivity (Wildman–Crippen MR) is 59.7 cm³/mol. The largest absolute Gasteiger partial charge is 0.395 e. The van der Waals surface area contributed by atoms with E-state index in [0.29, 0.717) is 0 Å². The molecule has 0 aromatic heterocycles. The number of nitrogens with two attached hydrogens (primary N) is 1. The standard InChI is InChI=1S/C11H11N5O2/c1-3-8-10(2,16(17)18)9(15)7(4-12)11(8,5-13)6-14/h8H,3,15H2,1-2H3/t8-,10-/m1/s1. The minimum Gasteiger partial charge on any atom is -0.395 e. The average molecular weight is 245 g/mol. The van der Waals surface area contributed by atoms with Gasteiger partial charge in [-0.3, -0.25) is 10.1 Å². The summed E-state index contributed by atoms with van der Waals surface area (Å²) in [6.45, 7) is 2.88. The molecule has 1 aliphatic rings. The van der Waals surface area contributed by atoms with Gasteiger partial charge in [-0.25, -0.2) is 0 Å². The Labute approximate surface area is 104 Å². The maximum Gasteiger partial charge on any atom is 0.264 e. The van der Waals surface area contributed by atoms with Crippen LogP contribution in [0.2, 0.25) is 0 Å². The summed E-state index contributed by atoms with van der Waals surface area (Å²) in [7, 11) is 0. The SMILES string of the molecule is CC[C@H]1C(C#N)(C#N)C(C#N)=C(N)[C@]1(C)[N+](=O)[O-]. The molecule has 0 unspecified atom stereocenters. The minimum absolute atomic E-state index is 0.199. The highest BCUT2D eigenvalue weighted by atomic mass is 16.6. The summed E-state index contributed by atoms with van der Waals surface area (Å²) in [6, 6.07) is 5.17. The zero-order valence-corrected chi connectivity index (χ0v) is 9.97.